The van der Waals surface area contributed by atoms with E-state index in [4.69, 9.17) is 20.4 Å². The summed E-state index contributed by atoms with van der Waals surface area (Å²) in [5, 5.41) is 11.6. The van der Waals surface area contributed by atoms with E-state index in [1.54, 1.807) is 12.1 Å². The molecular formula is C13H20N2O3. The fourth-order valence-electron chi connectivity index (χ4n) is 1.60. The fourth-order valence-corrected chi connectivity index (χ4v) is 1.60. The van der Waals surface area contributed by atoms with Crippen LogP contribution in [0.2, 0.25) is 0 Å². The van der Waals surface area contributed by atoms with E-state index in [9.17, 15) is 0 Å². The highest BCUT2D eigenvalue weighted by Crippen LogP contribution is 2.18. The van der Waals surface area contributed by atoms with Crippen LogP contribution in [0.15, 0.2) is 23.4 Å². The zero-order chi connectivity index (χ0) is 13.5. The summed E-state index contributed by atoms with van der Waals surface area (Å²) in [6.45, 7) is 7.01. The molecule has 0 aromatic heterocycles. The topological polar surface area (TPSA) is 77.1 Å². The van der Waals surface area contributed by atoms with Gasteiger partial charge in [-0.25, -0.2) is 0 Å². The molecule has 5 heteroatoms. The molecule has 1 rings (SSSR count). The third-order valence-corrected chi connectivity index (χ3v) is 2.48. The monoisotopic (exact) mass is 252 g/mol. The Bertz CT molecular complexity index is 419. The van der Waals surface area contributed by atoms with Crippen LogP contribution < -0.4 is 10.5 Å². The normalized spacial score (nSPS) is 13.4. The molecule has 0 fully saturated rings. The summed E-state index contributed by atoms with van der Waals surface area (Å²) in [7, 11) is 0. The van der Waals surface area contributed by atoms with Crippen molar-refractivity contribution in [1.29, 1.82) is 0 Å². The van der Waals surface area contributed by atoms with Crippen molar-refractivity contribution in [3.8, 4) is 5.75 Å². The average Bonchev–Trinajstić information content (AvgIpc) is 2.35. The Hall–Kier alpha value is -1.75. The SMILES string of the molecule is CCOCC(C)Oc1ccc(/C(N)=N/O)c(C)c1. The van der Waals surface area contributed by atoms with Gasteiger partial charge in [-0.05, 0) is 44.5 Å². The number of nitrogens with two attached hydrogens (primary N) is 1. The van der Waals surface area contributed by atoms with Crippen LogP contribution in [-0.2, 0) is 4.74 Å². The number of benzene rings is 1. The van der Waals surface area contributed by atoms with Crippen LogP contribution in [0.25, 0.3) is 0 Å². The summed E-state index contributed by atoms with van der Waals surface area (Å²) in [6.07, 6.45) is -0.0148. The van der Waals surface area contributed by atoms with E-state index in [0.29, 0.717) is 18.8 Å². The first-order chi connectivity index (χ1) is 8.58. The number of oxime groups is 1. The van der Waals surface area contributed by atoms with E-state index < -0.39 is 0 Å². The molecule has 18 heavy (non-hydrogen) atoms. The van der Waals surface area contributed by atoms with Gasteiger partial charge in [-0.2, -0.15) is 0 Å². The van der Waals surface area contributed by atoms with Crippen LogP contribution >= 0.6 is 0 Å². The van der Waals surface area contributed by atoms with Crippen molar-refractivity contribution < 1.29 is 14.7 Å². The standard InChI is InChI=1S/C13H20N2O3/c1-4-17-8-10(3)18-11-5-6-12(9(2)7-11)13(14)15-16/h5-7,10,16H,4,8H2,1-3H3,(H2,14,15). The smallest absolute Gasteiger partial charge is 0.170 e. The molecule has 0 aliphatic heterocycles. The summed E-state index contributed by atoms with van der Waals surface area (Å²) in [4.78, 5) is 0. The number of ether oxygens (including phenoxy) is 2. The van der Waals surface area contributed by atoms with Crippen LogP contribution in [-0.4, -0.2) is 30.4 Å². The highest BCUT2D eigenvalue weighted by molar-refractivity contribution is 5.98. The van der Waals surface area contributed by atoms with Crippen molar-refractivity contribution >= 4 is 5.84 Å². The number of hydrogen-bond acceptors (Lipinski definition) is 4. The quantitative estimate of drug-likeness (QED) is 0.351. The first-order valence-electron chi connectivity index (χ1n) is 5.91. The molecule has 3 N–H and O–H groups in total. The molecule has 1 aromatic carbocycles. The lowest BCUT2D eigenvalue weighted by Gasteiger charge is -2.15. The van der Waals surface area contributed by atoms with Gasteiger partial charge in [0.25, 0.3) is 0 Å². The zero-order valence-corrected chi connectivity index (χ0v) is 11.0. The molecule has 1 atom stereocenters. The highest BCUT2D eigenvalue weighted by atomic mass is 16.5. The van der Waals surface area contributed by atoms with Crippen molar-refractivity contribution in [3.63, 3.8) is 0 Å². The maximum atomic E-state index is 8.64. The Balaban J connectivity index is 2.72. The number of amidine groups is 1. The molecule has 0 radical (unpaired) electrons. The third kappa shape index (κ3) is 3.92. The van der Waals surface area contributed by atoms with Gasteiger partial charge < -0.3 is 20.4 Å². The molecule has 0 spiro atoms. The summed E-state index contributed by atoms with van der Waals surface area (Å²) in [6, 6.07) is 5.42. The lowest BCUT2D eigenvalue weighted by Crippen LogP contribution is -2.19. The van der Waals surface area contributed by atoms with Gasteiger partial charge in [0.1, 0.15) is 11.9 Å². The van der Waals surface area contributed by atoms with Gasteiger partial charge in [-0.1, -0.05) is 5.16 Å². The summed E-state index contributed by atoms with van der Waals surface area (Å²) in [5.74, 6) is 0.843. The number of aryl methyl sites for hydroxylation is 1. The molecule has 1 aromatic rings. The van der Waals surface area contributed by atoms with Crippen LogP contribution in [0.5, 0.6) is 5.75 Å². The minimum atomic E-state index is -0.0148. The van der Waals surface area contributed by atoms with E-state index in [-0.39, 0.29) is 11.9 Å². The van der Waals surface area contributed by atoms with Crippen molar-refractivity contribution in [3.05, 3.63) is 29.3 Å². The van der Waals surface area contributed by atoms with Crippen molar-refractivity contribution in [1.82, 2.24) is 0 Å². The minimum absolute atomic E-state index is 0.0148. The Kier molecular flexibility index (Phi) is 5.45. The lowest BCUT2D eigenvalue weighted by molar-refractivity contribution is 0.0657. The first-order valence-corrected chi connectivity index (χ1v) is 5.91. The van der Waals surface area contributed by atoms with Crippen LogP contribution in [0.3, 0.4) is 0 Å². The Labute approximate surface area is 107 Å². The van der Waals surface area contributed by atoms with Gasteiger partial charge in [0.2, 0.25) is 0 Å². The predicted octanol–water partition coefficient (Wildman–Crippen LogP) is 1.89. The van der Waals surface area contributed by atoms with Crippen LogP contribution in [0.1, 0.15) is 25.0 Å². The largest absolute Gasteiger partial charge is 0.488 e. The molecule has 0 saturated carbocycles. The van der Waals surface area contributed by atoms with Gasteiger partial charge >= 0.3 is 0 Å². The average molecular weight is 252 g/mol. The Morgan fingerprint density at radius 2 is 2.22 bits per heavy atom. The van der Waals surface area contributed by atoms with Gasteiger partial charge in [-0.15, -0.1) is 0 Å². The van der Waals surface area contributed by atoms with Crippen molar-refractivity contribution in [2.24, 2.45) is 10.9 Å². The Morgan fingerprint density at radius 3 is 2.78 bits per heavy atom. The van der Waals surface area contributed by atoms with E-state index in [2.05, 4.69) is 5.16 Å². The van der Waals surface area contributed by atoms with Gasteiger partial charge in [0.15, 0.2) is 5.84 Å². The summed E-state index contributed by atoms with van der Waals surface area (Å²) >= 11 is 0. The first kappa shape index (κ1) is 14.3. The molecule has 0 bridgehead atoms. The molecule has 0 saturated heterocycles. The Morgan fingerprint density at radius 1 is 1.50 bits per heavy atom. The highest BCUT2D eigenvalue weighted by Gasteiger charge is 2.08. The van der Waals surface area contributed by atoms with Gasteiger partial charge in [-0.3, -0.25) is 0 Å². The second-order valence-electron chi connectivity index (χ2n) is 4.05. The number of rotatable bonds is 6. The summed E-state index contributed by atoms with van der Waals surface area (Å²) in [5.41, 5.74) is 7.14. The van der Waals surface area contributed by atoms with Crippen LogP contribution in [0.4, 0.5) is 0 Å². The molecule has 5 nitrogen and oxygen atoms in total. The maximum absolute atomic E-state index is 8.64. The predicted molar refractivity (Wildman–Crippen MR) is 70.3 cm³/mol. The molecule has 100 valence electrons. The van der Waals surface area contributed by atoms with Crippen molar-refractivity contribution in [2.75, 3.05) is 13.2 Å². The molecule has 0 amide bonds. The van der Waals surface area contributed by atoms with E-state index >= 15 is 0 Å². The third-order valence-electron chi connectivity index (χ3n) is 2.48. The summed E-state index contributed by atoms with van der Waals surface area (Å²) < 4.78 is 11.0. The maximum Gasteiger partial charge on any atom is 0.170 e. The molecule has 0 aliphatic rings. The van der Waals surface area contributed by atoms with E-state index in [1.165, 1.54) is 0 Å². The lowest BCUT2D eigenvalue weighted by atomic mass is 10.1. The second-order valence-corrected chi connectivity index (χ2v) is 4.05. The second kappa shape index (κ2) is 6.86. The zero-order valence-electron chi connectivity index (χ0n) is 11.0. The number of nitrogens with zero attached hydrogens (tertiary/aromatic N) is 1. The number of hydrogen-bond donors (Lipinski definition) is 2. The van der Waals surface area contributed by atoms with Gasteiger partial charge in [0, 0.05) is 12.2 Å². The molecular weight excluding hydrogens is 232 g/mol. The van der Waals surface area contributed by atoms with Crippen LogP contribution in [0, 0.1) is 6.92 Å². The van der Waals surface area contributed by atoms with E-state index in [0.717, 1.165) is 11.3 Å². The minimum Gasteiger partial charge on any atom is -0.488 e. The molecule has 0 aliphatic carbocycles. The molecule has 0 heterocycles. The van der Waals surface area contributed by atoms with Gasteiger partial charge in [0.05, 0.1) is 6.61 Å². The van der Waals surface area contributed by atoms with Crippen molar-refractivity contribution in [2.45, 2.75) is 26.9 Å². The fraction of sp³-hybridized carbons (Fsp3) is 0.462. The van der Waals surface area contributed by atoms with E-state index in [1.807, 2.05) is 26.8 Å². The molecule has 1 unspecified atom stereocenters.